The minimum atomic E-state index is -0.633. The number of aliphatic hydroxyl groups is 1. The molecule has 3 nitrogen and oxygen atoms in total. The molecule has 1 N–H and O–H groups in total. The molecule has 0 aromatic carbocycles. The molecule has 1 aromatic rings. The fourth-order valence-electron chi connectivity index (χ4n) is 2.15. The lowest BCUT2D eigenvalue weighted by molar-refractivity contribution is -0.0964. The van der Waals surface area contributed by atoms with E-state index in [1.54, 1.807) is 6.20 Å². The largest absolute Gasteiger partial charge is 0.389 e. The molecule has 2 unspecified atom stereocenters. The first-order valence-corrected chi connectivity index (χ1v) is 5.42. The summed E-state index contributed by atoms with van der Waals surface area (Å²) in [6, 6.07) is 5.80. The van der Waals surface area contributed by atoms with Gasteiger partial charge in [-0.3, -0.25) is 4.98 Å². The van der Waals surface area contributed by atoms with Gasteiger partial charge in [-0.1, -0.05) is 6.07 Å². The van der Waals surface area contributed by atoms with Crippen LogP contribution in [-0.4, -0.2) is 28.4 Å². The Kier molecular flexibility index (Phi) is 3.03. The fourth-order valence-corrected chi connectivity index (χ4v) is 2.15. The first-order chi connectivity index (χ1) is 7.18. The van der Waals surface area contributed by atoms with Gasteiger partial charge in [-0.2, -0.15) is 0 Å². The summed E-state index contributed by atoms with van der Waals surface area (Å²) in [5.41, 5.74) is 0.320. The van der Waals surface area contributed by atoms with Crippen LogP contribution in [0.2, 0.25) is 0 Å². The molecular weight excluding hydrogens is 190 g/mol. The van der Waals surface area contributed by atoms with Gasteiger partial charge in [-0.25, -0.2) is 0 Å². The zero-order valence-electron chi connectivity index (χ0n) is 9.02. The van der Waals surface area contributed by atoms with Gasteiger partial charge in [0.15, 0.2) is 0 Å². The van der Waals surface area contributed by atoms with Gasteiger partial charge in [-0.05, 0) is 25.5 Å². The molecule has 3 heteroatoms. The van der Waals surface area contributed by atoms with Crippen molar-refractivity contribution in [3.05, 3.63) is 30.1 Å². The van der Waals surface area contributed by atoms with Crippen LogP contribution in [-0.2, 0) is 11.2 Å². The molecule has 2 atom stereocenters. The van der Waals surface area contributed by atoms with Crippen LogP contribution in [0.4, 0.5) is 0 Å². The Morgan fingerprint density at radius 1 is 1.60 bits per heavy atom. The zero-order valence-corrected chi connectivity index (χ0v) is 9.02. The standard InChI is InChI=1S/C12H17NO2/c1-10-8-12(14,5-7-15-10)9-11-4-2-3-6-13-11/h2-4,6,10,14H,5,7-9H2,1H3. The monoisotopic (exact) mass is 207 g/mol. The first-order valence-electron chi connectivity index (χ1n) is 5.42. The van der Waals surface area contributed by atoms with E-state index in [2.05, 4.69) is 4.98 Å². The molecule has 15 heavy (non-hydrogen) atoms. The van der Waals surface area contributed by atoms with Crippen molar-refractivity contribution in [2.45, 2.75) is 37.9 Å². The molecule has 1 fully saturated rings. The molecule has 0 spiro atoms. The van der Waals surface area contributed by atoms with Crippen molar-refractivity contribution in [1.29, 1.82) is 0 Å². The molecule has 0 amide bonds. The maximum atomic E-state index is 10.4. The highest BCUT2D eigenvalue weighted by molar-refractivity contribution is 5.07. The Morgan fingerprint density at radius 3 is 3.13 bits per heavy atom. The van der Waals surface area contributed by atoms with Gasteiger partial charge in [0.05, 0.1) is 11.7 Å². The Balaban J connectivity index is 2.04. The maximum absolute atomic E-state index is 10.4. The molecule has 1 saturated heterocycles. The van der Waals surface area contributed by atoms with E-state index in [1.807, 2.05) is 25.1 Å². The minimum absolute atomic E-state index is 0.146. The van der Waals surface area contributed by atoms with Crippen molar-refractivity contribution in [3.63, 3.8) is 0 Å². The summed E-state index contributed by atoms with van der Waals surface area (Å²) in [7, 11) is 0. The number of aromatic nitrogens is 1. The van der Waals surface area contributed by atoms with Gasteiger partial charge in [0.2, 0.25) is 0 Å². The van der Waals surface area contributed by atoms with E-state index >= 15 is 0 Å². The van der Waals surface area contributed by atoms with Crippen molar-refractivity contribution >= 4 is 0 Å². The molecule has 0 bridgehead atoms. The highest BCUT2D eigenvalue weighted by Crippen LogP contribution is 2.27. The Morgan fingerprint density at radius 2 is 2.47 bits per heavy atom. The van der Waals surface area contributed by atoms with Crippen LogP contribution in [0.3, 0.4) is 0 Å². The van der Waals surface area contributed by atoms with Gasteiger partial charge < -0.3 is 9.84 Å². The number of nitrogens with zero attached hydrogens (tertiary/aromatic N) is 1. The number of pyridine rings is 1. The lowest BCUT2D eigenvalue weighted by Gasteiger charge is -2.35. The summed E-state index contributed by atoms with van der Waals surface area (Å²) < 4.78 is 5.43. The molecule has 1 aromatic heterocycles. The second kappa shape index (κ2) is 4.29. The third kappa shape index (κ3) is 2.76. The third-order valence-corrected chi connectivity index (χ3v) is 2.87. The molecule has 1 aliphatic rings. The quantitative estimate of drug-likeness (QED) is 0.800. The van der Waals surface area contributed by atoms with Gasteiger partial charge in [0, 0.05) is 31.3 Å². The fraction of sp³-hybridized carbons (Fsp3) is 0.583. The second-order valence-electron chi connectivity index (χ2n) is 4.36. The summed E-state index contributed by atoms with van der Waals surface area (Å²) in [6.45, 7) is 2.65. The molecular formula is C12H17NO2. The lowest BCUT2D eigenvalue weighted by Crippen LogP contribution is -2.41. The average Bonchev–Trinajstić information content (AvgIpc) is 2.18. The van der Waals surface area contributed by atoms with E-state index in [0.29, 0.717) is 25.9 Å². The first kappa shape index (κ1) is 10.6. The normalized spacial score (nSPS) is 31.5. The molecule has 82 valence electrons. The van der Waals surface area contributed by atoms with E-state index in [1.165, 1.54) is 0 Å². The zero-order chi connectivity index (χ0) is 10.7. The molecule has 2 rings (SSSR count). The van der Waals surface area contributed by atoms with Gasteiger partial charge in [0.1, 0.15) is 0 Å². The molecule has 0 radical (unpaired) electrons. The van der Waals surface area contributed by atoms with E-state index in [4.69, 9.17) is 4.74 Å². The van der Waals surface area contributed by atoms with Crippen LogP contribution in [0, 0.1) is 0 Å². The van der Waals surface area contributed by atoms with Crippen LogP contribution < -0.4 is 0 Å². The van der Waals surface area contributed by atoms with Crippen molar-refractivity contribution in [2.75, 3.05) is 6.61 Å². The van der Waals surface area contributed by atoms with Crippen molar-refractivity contribution in [2.24, 2.45) is 0 Å². The van der Waals surface area contributed by atoms with Crippen LogP contribution in [0.1, 0.15) is 25.5 Å². The average molecular weight is 207 g/mol. The van der Waals surface area contributed by atoms with Gasteiger partial charge in [-0.15, -0.1) is 0 Å². The second-order valence-corrected chi connectivity index (χ2v) is 4.36. The predicted octanol–water partition coefficient (Wildman–Crippen LogP) is 1.55. The third-order valence-electron chi connectivity index (χ3n) is 2.87. The topological polar surface area (TPSA) is 42.4 Å². The number of hydrogen-bond donors (Lipinski definition) is 1. The van der Waals surface area contributed by atoms with E-state index in [9.17, 15) is 5.11 Å². The van der Waals surface area contributed by atoms with Crippen LogP contribution in [0.25, 0.3) is 0 Å². The Hall–Kier alpha value is -0.930. The van der Waals surface area contributed by atoms with Gasteiger partial charge in [0.25, 0.3) is 0 Å². The number of rotatable bonds is 2. The summed E-state index contributed by atoms with van der Waals surface area (Å²) in [5, 5.41) is 10.4. The van der Waals surface area contributed by atoms with E-state index in [-0.39, 0.29) is 6.10 Å². The highest BCUT2D eigenvalue weighted by Gasteiger charge is 2.33. The summed E-state index contributed by atoms with van der Waals surface area (Å²) in [4.78, 5) is 4.24. The van der Waals surface area contributed by atoms with Crippen molar-refractivity contribution in [1.82, 2.24) is 4.98 Å². The summed E-state index contributed by atoms with van der Waals surface area (Å²) in [5.74, 6) is 0. The molecule has 2 heterocycles. The lowest BCUT2D eigenvalue weighted by atomic mass is 9.86. The Labute approximate surface area is 90.1 Å². The minimum Gasteiger partial charge on any atom is -0.389 e. The highest BCUT2D eigenvalue weighted by atomic mass is 16.5. The summed E-state index contributed by atoms with van der Waals surface area (Å²) >= 11 is 0. The van der Waals surface area contributed by atoms with E-state index < -0.39 is 5.60 Å². The van der Waals surface area contributed by atoms with Crippen LogP contribution in [0.15, 0.2) is 24.4 Å². The summed E-state index contributed by atoms with van der Waals surface area (Å²) in [6.07, 6.45) is 3.94. The molecule has 0 saturated carbocycles. The SMILES string of the molecule is CC1CC(O)(Cc2ccccn2)CCO1. The number of hydrogen-bond acceptors (Lipinski definition) is 3. The van der Waals surface area contributed by atoms with Crippen LogP contribution in [0.5, 0.6) is 0 Å². The molecule has 1 aliphatic heterocycles. The van der Waals surface area contributed by atoms with Gasteiger partial charge >= 0.3 is 0 Å². The maximum Gasteiger partial charge on any atom is 0.0749 e. The Bertz CT molecular complexity index is 315. The van der Waals surface area contributed by atoms with Crippen LogP contribution >= 0.6 is 0 Å². The van der Waals surface area contributed by atoms with Crippen molar-refractivity contribution in [3.8, 4) is 0 Å². The predicted molar refractivity (Wildman–Crippen MR) is 57.5 cm³/mol. The smallest absolute Gasteiger partial charge is 0.0749 e. The number of ether oxygens (including phenoxy) is 1. The molecule has 0 aliphatic carbocycles. The van der Waals surface area contributed by atoms with E-state index in [0.717, 1.165) is 5.69 Å². The van der Waals surface area contributed by atoms with Crippen molar-refractivity contribution < 1.29 is 9.84 Å².